The molecule has 35 heavy (non-hydrogen) atoms. The molecule has 0 amide bonds. The predicted octanol–water partition coefficient (Wildman–Crippen LogP) is 8.76. The maximum absolute atomic E-state index is 12.3. The summed E-state index contributed by atoms with van der Waals surface area (Å²) in [4.78, 5) is -0.0127. The first-order valence-corrected chi connectivity index (χ1v) is 16.1. The Morgan fingerprint density at radius 1 is 0.857 bits per heavy atom. The van der Waals surface area contributed by atoms with Gasteiger partial charge in [0.05, 0.1) is 11.0 Å². The van der Waals surface area contributed by atoms with E-state index in [1.54, 1.807) is 12.2 Å². The number of allylic oxidation sites excluding steroid dienone is 1. The molecule has 4 unspecified atom stereocenters. The Labute approximate surface area is 216 Å². The van der Waals surface area contributed by atoms with Crippen LogP contribution in [0.5, 0.6) is 0 Å². The lowest BCUT2D eigenvalue weighted by Gasteiger charge is -2.42. The van der Waals surface area contributed by atoms with Crippen LogP contribution < -0.4 is 0 Å². The zero-order chi connectivity index (χ0) is 26.0. The van der Waals surface area contributed by atoms with E-state index in [4.69, 9.17) is 0 Å². The average molecular weight is 511 g/mol. The van der Waals surface area contributed by atoms with Gasteiger partial charge in [-0.25, -0.2) is 0 Å². The molecule has 204 valence electrons. The van der Waals surface area contributed by atoms with Crippen molar-refractivity contribution in [1.29, 1.82) is 0 Å². The highest BCUT2D eigenvalue weighted by molar-refractivity contribution is 7.90. The van der Waals surface area contributed by atoms with Crippen molar-refractivity contribution in [3.63, 3.8) is 0 Å². The summed E-state index contributed by atoms with van der Waals surface area (Å²) in [7, 11) is -4.34. The van der Waals surface area contributed by atoms with Crippen LogP contribution >= 0.6 is 0 Å². The number of unbranched alkanes of at least 4 members (excludes halogenated alkanes) is 2. The van der Waals surface area contributed by atoms with E-state index in [2.05, 4.69) is 27.7 Å². The van der Waals surface area contributed by atoms with Crippen molar-refractivity contribution in [1.82, 2.24) is 0 Å². The monoisotopic (exact) mass is 510 g/mol. The second-order valence-electron chi connectivity index (χ2n) is 12.2. The highest BCUT2D eigenvalue weighted by atomic mass is 32.2. The number of hydrogen-bond donors (Lipinski definition) is 2. The smallest absolute Gasteiger partial charge is 0.294 e. The molecule has 0 spiro atoms. The van der Waals surface area contributed by atoms with Crippen molar-refractivity contribution in [3.8, 4) is 0 Å². The Hall–Kier alpha value is -0.650. The minimum absolute atomic E-state index is 0.0127. The van der Waals surface area contributed by atoms with Crippen LogP contribution in [0.4, 0.5) is 0 Å². The predicted molar refractivity (Wildman–Crippen MR) is 148 cm³/mol. The number of aliphatic hydroxyl groups is 1. The van der Waals surface area contributed by atoms with E-state index in [9.17, 15) is 18.1 Å². The summed E-state index contributed by atoms with van der Waals surface area (Å²) < 4.78 is 34.7. The van der Waals surface area contributed by atoms with Gasteiger partial charge in [-0.3, -0.25) is 4.55 Å². The maximum atomic E-state index is 12.3. The topological polar surface area (TPSA) is 74.6 Å². The molecular weight excluding hydrogens is 456 g/mol. The summed E-state index contributed by atoms with van der Waals surface area (Å²) in [6.07, 6.45) is 23.0. The van der Waals surface area contributed by atoms with Crippen LogP contribution in [0.25, 0.3) is 0 Å². The van der Waals surface area contributed by atoms with Crippen molar-refractivity contribution in [2.45, 2.75) is 149 Å². The second-order valence-corrected chi connectivity index (χ2v) is 13.6. The molecule has 2 aliphatic carbocycles. The molecule has 2 bridgehead atoms. The molecule has 0 aromatic rings. The molecule has 0 heterocycles. The highest BCUT2D eigenvalue weighted by Crippen LogP contribution is 2.48. The highest BCUT2D eigenvalue weighted by Gasteiger charge is 2.41. The number of aliphatic hydroxyl groups excluding tert-OH is 1. The first kappa shape index (κ1) is 30.6. The van der Waals surface area contributed by atoms with Gasteiger partial charge < -0.3 is 5.11 Å². The lowest BCUT2D eigenvalue weighted by atomic mass is 9.65. The summed E-state index contributed by atoms with van der Waals surface area (Å²) in [6, 6.07) is 0. The lowest BCUT2D eigenvalue weighted by Crippen LogP contribution is -2.37. The van der Waals surface area contributed by atoms with Gasteiger partial charge in [0, 0.05) is 5.92 Å². The largest absolute Gasteiger partial charge is 0.388 e. The maximum Gasteiger partial charge on any atom is 0.294 e. The fourth-order valence-corrected chi connectivity index (χ4v) is 7.09. The van der Waals surface area contributed by atoms with E-state index < -0.39 is 16.2 Å². The SMILES string of the molecule is CCCCC1(C)CCCCCCCCCCCC(C)(CCCC)C2=CC(S(=O)(=O)O)=CC(C1)C2O. The molecule has 4 nitrogen and oxygen atoms in total. The van der Waals surface area contributed by atoms with Crippen LogP contribution in [0.3, 0.4) is 0 Å². The Bertz CT molecular complexity index is 799. The number of rotatable bonds is 7. The van der Waals surface area contributed by atoms with Crippen LogP contribution in [0, 0.1) is 16.7 Å². The molecular formula is C30H54O4S. The molecule has 1 saturated carbocycles. The normalized spacial score (nSPS) is 32.4. The van der Waals surface area contributed by atoms with E-state index in [1.165, 1.54) is 51.4 Å². The van der Waals surface area contributed by atoms with Gasteiger partial charge in [-0.2, -0.15) is 8.42 Å². The van der Waals surface area contributed by atoms with Gasteiger partial charge in [0.2, 0.25) is 0 Å². The molecule has 2 rings (SSSR count). The molecule has 1 fully saturated rings. The van der Waals surface area contributed by atoms with Crippen molar-refractivity contribution in [3.05, 3.63) is 22.6 Å². The standard InChI is InChI=1S/C30H54O4S/c1-5-7-18-29(3)19-16-14-12-10-9-11-13-15-17-21-30(4,20-8-6-2)27-23-26(35(32,33)34)22-25(24-29)28(27)31/h22-23,25,28,31H,5-21,24H2,1-4H3,(H,32,33,34). The van der Waals surface area contributed by atoms with Gasteiger partial charge >= 0.3 is 0 Å². The van der Waals surface area contributed by atoms with Crippen molar-refractivity contribution < 1.29 is 18.1 Å². The van der Waals surface area contributed by atoms with E-state index >= 15 is 0 Å². The summed E-state index contributed by atoms with van der Waals surface area (Å²) in [5.74, 6) is -0.287. The van der Waals surface area contributed by atoms with Gasteiger partial charge in [0.15, 0.2) is 0 Å². The Morgan fingerprint density at radius 3 is 1.91 bits per heavy atom. The minimum atomic E-state index is -4.34. The Balaban J connectivity index is 2.47. The van der Waals surface area contributed by atoms with Gasteiger partial charge in [-0.15, -0.1) is 0 Å². The van der Waals surface area contributed by atoms with Crippen LogP contribution in [-0.2, 0) is 10.1 Å². The molecule has 2 N–H and O–H groups in total. The van der Waals surface area contributed by atoms with Gasteiger partial charge in [-0.05, 0) is 54.6 Å². The van der Waals surface area contributed by atoms with Crippen molar-refractivity contribution in [2.24, 2.45) is 16.7 Å². The van der Waals surface area contributed by atoms with Crippen LogP contribution in [0.2, 0.25) is 0 Å². The summed E-state index contributed by atoms with van der Waals surface area (Å²) >= 11 is 0. The average Bonchev–Trinajstić information content (AvgIpc) is 2.80. The van der Waals surface area contributed by atoms with E-state index in [0.717, 1.165) is 69.8 Å². The second kappa shape index (κ2) is 14.3. The number of hydrogen-bond acceptors (Lipinski definition) is 3. The van der Waals surface area contributed by atoms with E-state index in [1.807, 2.05) is 0 Å². The lowest BCUT2D eigenvalue weighted by molar-refractivity contribution is 0.0890. The molecule has 0 aromatic heterocycles. The van der Waals surface area contributed by atoms with Gasteiger partial charge in [0.1, 0.15) is 0 Å². The van der Waals surface area contributed by atoms with Crippen LogP contribution in [0.1, 0.15) is 143 Å². The fraction of sp³-hybridized carbons (Fsp3) is 0.867. The molecule has 0 radical (unpaired) electrons. The third-order valence-electron chi connectivity index (χ3n) is 8.85. The first-order chi connectivity index (χ1) is 16.5. The third kappa shape index (κ3) is 9.63. The zero-order valence-corrected chi connectivity index (χ0v) is 24.0. The third-order valence-corrected chi connectivity index (χ3v) is 9.70. The summed E-state index contributed by atoms with van der Waals surface area (Å²) in [6.45, 7) is 8.94. The zero-order valence-electron chi connectivity index (χ0n) is 23.2. The van der Waals surface area contributed by atoms with Crippen molar-refractivity contribution >= 4 is 10.1 Å². The fourth-order valence-electron chi connectivity index (χ4n) is 6.47. The Morgan fingerprint density at radius 2 is 1.37 bits per heavy atom. The molecule has 0 aliphatic heterocycles. The molecule has 0 saturated heterocycles. The minimum Gasteiger partial charge on any atom is -0.388 e. The van der Waals surface area contributed by atoms with Crippen LogP contribution in [-0.4, -0.2) is 24.2 Å². The van der Waals surface area contributed by atoms with Gasteiger partial charge in [-0.1, -0.05) is 117 Å². The van der Waals surface area contributed by atoms with E-state index in [0.29, 0.717) is 0 Å². The number of fused-ring (bicyclic) bond motifs is 2. The van der Waals surface area contributed by atoms with Crippen molar-refractivity contribution in [2.75, 3.05) is 0 Å². The Kier molecular flexibility index (Phi) is 12.5. The quantitative estimate of drug-likeness (QED) is 0.336. The van der Waals surface area contributed by atoms with E-state index in [-0.39, 0.29) is 21.7 Å². The first-order valence-electron chi connectivity index (χ1n) is 14.6. The van der Waals surface area contributed by atoms with Gasteiger partial charge in [0.25, 0.3) is 10.1 Å². The molecule has 0 aromatic carbocycles. The summed E-state index contributed by atoms with van der Waals surface area (Å²) in [5, 5.41) is 11.7. The molecule has 4 atom stereocenters. The summed E-state index contributed by atoms with van der Waals surface area (Å²) in [5.41, 5.74) is 0.623. The molecule has 2 aliphatic rings. The van der Waals surface area contributed by atoms with Crippen LogP contribution in [0.15, 0.2) is 22.6 Å². The molecule has 5 heteroatoms.